The molecule has 192 valence electrons. The summed E-state index contributed by atoms with van der Waals surface area (Å²) >= 11 is 6.34. The van der Waals surface area contributed by atoms with E-state index in [1.165, 1.54) is 4.90 Å². The Balaban J connectivity index is 1.58. The zero-order valence-electron chi connectivity index (χ0n) is 20.7. The van der Waals surface area contributed by atoms with Gasteiger partial charge >= 0.3 is 18.0 Å². The molecule has 1 aliphatic carbocycles. The van der Waals surface area contributed by atoms with Gasteiger partial charge in [0.2, 0.25) is 0 Å². The summed E-state index contributed by atoms with van der Waals surface area (Å²) in [6.45, 7) is 6.53. The van der Waals surface area contributed by atoms with Crippen LogP contribution in [0.1, 0.15) is 37.8 Å². The maximum atomic E-state index is 13.7. The molecule has 2 aliphatic rings. The van der Waals surface area contributed by atoms with Gasteiger partial charge in [-0.25, -0.2) is 14.5 Å². The Hall–Kier alpha value is -3.46. The van der Waals surface area contributed by atoms with E-state index in [2.05, 4.69) is 10.6 Å². The summed E-state index contributed by atoms with van der Waals surface area (Å²) in [5.41, 5.74) is 1.77. The van der Waals surface area contributed by atoms with Crippen LogP contribution in [0.15, 0.2) is 42.5 Å². The highest BCUT2D eigenvalue weighted by Crippen LogP contribution is 2.48. The first-order chi connectivity index (χ1) is 17.3. The number of nitrogens with one attached hydrogen (secondary N) is 2. The van der Waals surface area contributed by atoms with Crippen LogP contribution in [0, 0.1) is 12.3 Å². The minimum Gasteiger partial charge on any atom is -0.492 e. The number of hydrogen-bond donors (Lipinski definition) is 2. The molecular weight excluding hydrogens is 484 g/mol. The monoisotopic (exact) mass is 514 g/mol. The molecule has 1 aliphatic heterocycles. The van der Waals surface area contributed by atoms with Gasteiger partial charge in [-0.2, -0.15) is 0 Å². The Morgan fingerprint density at radius 1 is 1.14 bits per heavy atom. The highest BCUT2D eigenvalue weighted by atomic mass is 35.5. The van der Waals surface area contributed by atoms with E-state index in [4.69, 9.17) is 21.1 Å². The number of ether oxygens (including phenoxy) is 2. The van der Waals surface area contributed by atoms with Gasteiger partial charge in [-0.3, -0.25) is 15.0 Å². The van der Waals surface area contributed by atoms with Gasteiger partial charge in [-0.15, -0.1) is 0 Å². The van der Waals surface area contributed by atoms with Gasteiger partial charge in [0, 0.05) is 12.2 Å². The third-order valence-corrected chi connectivity index (χ3v) is 6.62. The van der Waals surface area contributed by atoms with E-state index in [1.807, 2.05) is 38.1 Å². The molecule has 36 heavy (non-hydrogen) atoms. The second kappa shape index (κ2) is 10.7. The third-order valence-electron chi connectivity index (χ3n) is 6.33. The Morgan fingerprint density at radius 3 is 2.47 bits per heavy atom. The fourth-order valence-electron chi connectivity index (χ4n) is 4.11. The second-order valence-electron chi connectivity index (χ2n) is 9.06. The Bertz CT molecular complexity index is 1140. The van der Waals surface area contributed by atoms with E-state index in [9.17, 15) is 14.4 Å². The first kappa shape index (κ1) is 25.6. The van der Waals surface area contributed by atoms with Gasteiger partial charge in [0.25, 0.3) is 0 Å². The average molecular weight is 515 g/mol. The molecule has 0 spiro atoms. The van der Waals surface area contributed by atoms with Crippen molar-refractivity contribution in [1.82, 2.24) is 15.1 Å². The molecule has 1 unspecified atom stereocenters. The smallest absolute Gasteiger partial charge is 0.331 e. The summed E-state index contributed by atoms with van der Waals surface area (Å²) < 4.78 is 10.7. The van der Waals surface area contributed by atoms with Gasteiger partial charge in [-0.1, -0.05) is 41.4 Å². The predicted molar refractivity (Wildman–Crippen MR) is 136 cm³/mol. The van der Waals surface area contributed by atoms with E-state index in [0.717, 1.165) is 16.0 Å². The molecule has 9 nitrogen and oxygen atoms in total. The molecule has 0 radical (unpaired) electrons. The van der Waals surface area contributed by atoms with Crippen molar-refractivity contribution in [3.63, 3.8) is 0 Å². The number of aryl methyl sites for hydroxylation is 1. The number of nitrogens with zero attached hydrogens (tertiary/aromatic N) is 2. The van der Waals surface area contributed by atoms with Crippen molar-refractivity contribution in [3.8, 4) is 5.75 Å². The summed E-state index contributed by atoms with van der Waals surface area (Å²) in [5.74, 6) is 0.171. The number of hydrogen-bond acceptors (Lipinski definition) is 6. The van der Waals surface area contributed by atoms with Crippen LogP contribution in [0.4, 0.5) is 15.3 Å². The number of esters is 1. The number of halogens is 1. The summed E-state index contributed by atoms with van der Waals surface area (Å²) in [5, 5.41) is 6.46. The van der Waals surface area contributed by atoms with Crippen molar-refractivity contribution in [2.45, 2.75) is 46.4 Å². The standard InChI is InChI=1S/C26H31ClN4O5/c1-4-35-21-11-10-19(14-20(21)27)28-23-29-24(33)31(16-26(12-13-26)22(32)36-5-2)25(34)30(23)15-18-8-6-17(3)7-9-18/h6-11,14,23,28H,4-5,12-13,15-16H2,1-3H3,(H,29,33). The van der Waals surface area contributed by atoms with Crippen molar-refractivity contribution < 1.29 is 23.9 Å². The molecule has 0 aromatic heterocycles. The molecule has 1 saturated heterocycles. The van der Waals surface area contributed by atoms with Crippen molar-refractivity contribution in [2.24, 2.45) is 5.41 Å². The Labute approximate surface area is 215 Å². The normalized spacial score (nSPS) is 18.5. The molecule has 2 aromatic rings. The van der Waals surface area contributed by atoms with E-state index >= 15 is 0 Å². The molecule has 4 rings (SSSR count). The number of anilines is 1. The lowest BCUT2D eigenvalue weighted by atomic mass is 10.1. The molecule has 4 amide bonds. The van der Waals surface area contributed by atoms with Crippen molar-refractivity contribution >= 4 is 35.3 Å². The second-order valence-corrected chi connectivity index (χ2v) is 9.46. The van der Waals surface area contributed by atoms with Crippen LogP contribution in [-0.4, -0.2) is 53.9 Å². The number of rotatable bonds is 10. The van der Waals surface area contributed by atoms with Gasteiger partial charge in [0.1, 0.15) is 5.75 Å². The van der Waals surface area contributed by atoms with E-state index in [1.54, 1.807) is 25.1 Å². The van der Waals surface area contributed by atoms with Crippen LogP contribution in [0.25, 0.3) is 0 Å². The van der Waals surface area contributed by atoms with E-state index in [0.29, 0.717) is 35.9 Å². The molecule has 1 saturated carbocycles. The molecular formula is C26H31ClN4O5. The zero-order valence-corrected chi connectivity index (χ0v) is 21.4. The van der Waals surface area contributed by atoms with Crippen molar-refractivity contribution in [3.05, 3.63) is 58.6 Å². The van der Waals surface area contributed by atoms with Crippen LogP contribution in [-0.2, 0) is 16.1 Å². The predicted octanol–water partition coefficient (Wildman–Crippen LogP) is 4.73. The number of urea groups is 2. The van der Waals surface area contributed by atoms with Crippen molar-refractivity contribution in [2.75, 3.05) is 25.1 Å². The van der Waals surface area contributed by atoms with Crippen LogP contribution in [0.3, 0.4) is 0 Å². The fourth-order valence-corrected chi connectivity index (χ4v) is 4.35. The molecule has 10 heteroatoms. The molecule has 0 bridgehead atoms. The van der Waals surface area contributed by atoms with E-state index in [-0.39, 0.29) is 25.7 Å². The van der Waals surface area contributed by atoms with Crippen molar-refractivity contribution in [1.29, 1.82) is 0 Å². The highest BCUT2D eigenvalue weighted by molar-refractivity contribution is 6.32. The van der Waals surface area contributed by atoms with Crippen LogP contribution in [0.2, 0.25) is 5.02 Å². The summed E-state index contributed by atoms with van der Waals surface area (Å²) in [7, 11) is 0. The minimum absolute atomic E-state index is 0.0253. The largest absolute Gasteiger partial charge is 0.492 e. The summed E-state index contributed by atoms with van der Waals surface area (Å²) in [6.07, 6.45) is 0.315. The maximum absolute atomic E-state index is 13.7. The van der Waals surface area contributed by atoms with Crippen LogP contribution >= 0.6 is 11.6 Å². The number of carbonyl (C=O) groups excluding carboxylic acids is 3. The number of imide groups is 1. The van der Waals surface area contributed by atoms with Gasteiger partial charge < -0.3 is 14.8 Å². The van der Waals surface area contributed by atoms with Crippen LogP contribution in [0.5, 0.6) is 5.75 Å². The fraction of sp³-hybridized carbons (Fsp3) is 0.423. The number of benzene rings is 2. The van der Waals surface area contributed by atoms with E-state index < -0.39 is 23.8 Å². The SMILES string of the molecule is CCOC(=O)C1(CN2C(=O)NC(Nc3ccc(OCC)c(Cl)c3)N(Cc3ccc(C)cc3)C2=O)CC1. The Kier molecular flexibility index (Phi) is 7.59. The lowest BCUT2D eigenvalue weighted by Crippen LogP contribution is -2.67. The first-order valence-corrected chi connectivity index (χ1v) is 12.4. The minimum atomic E-state index is -0.839. The molecule has 2 fully saturated rings. The summed E-state index contributed by atoms with van der Waals surface area (Å²) in [6, 6.07) is 11.9. The number of carbonyl (C=O) groups is 3. The highest BCUT2D eigenvalue weighted by Gasteiger charge is 2.55. The maximum Gasteiger partial charge on any atom is 0.331 e. The third kappa shape index (κ3) is 5.51. The van der Waals surface area contributed by atoms with Crippen LogP contribution < -0.4 is 15.4 Å². The quantitative estimate of drug-likeness (QED) is 0.444. The summed E-state index contributed by atoms with van der Waals surface area (Å²) in [4.78, 5) is 41.8. The van der Waals surface area contributed by atoms with Gasteiger partial charge in [-0.05, 0) is 57.4 Å². The van der Waals surface area contributed by atoms with Gasteiger partial charge in [0.15, 0.2) is 6.29 Å². The first-order valence-electron chi connectivity index (χ1n) is 12.1. The average Bonchev–Trinajstić information content (AvgIpc) is 3.63. The molecule has 2 aromatic carbocycles. The molecule has 1 heterocycles. The number of amides is 4. The topological polar surface area (TPSA) is 100 Å². The molecule has 2 N–H and O–H groups in total. The zero-order chi connectivity index (χ0) is 25.9. The van der Waals surface area contributed by atoms with Gasteiger partial charge in [0.05, 0.1) is 30.2 Å². The lowest BCUT2D eigenvalue weighted by Gasteiger charge is -2.42. The Morgan fingerprint density at radius 2 is 1.86 bits per heavy atom. The molecule has 1 atom stereocenters. The lowest BCUT2D eigenvalue weighted by molar-refractivity contribution is -0.150.